The zero-order valence-electron chi connectivity index (χ0n) is 14.8. The van der Waals surface area contributed by atoms with Crippen molar-refractivity contribution in [3.63, 3.8) is 0 Å². The second-order valence-corrected chi connectivity index (χ2v) is 6.69. The SMILES string of the molecule is c1ccc(Cn2cc(CNC[C@@H]3CCCO3)c(-c3cccnc3)n2)cc1. The van der Waals surface area contributed by atoms with Gasteiger partial charge in [-0.05, 0) is 30.5 Å². The molecule has 26 heavy (non-hydrogen) atoms. The van der Waals surface area contributed by atoms with Crippen LogP contribution in [0, 0.1) is 0 Å². The van der Waals surface area contributed by atoms with Gasteiger partial charge in [-0.15, -0.1) is 0 Å². The number of hydrogen-bond donors (Lipinski definition) is 1. The van der Waals surface area contributed by atoms with Gasteiger partial charge in [0, 0.05) is 49.4 Å². The van der Waals surface area contributed by atoms with Gasteiger partial charge in [0.15, 0.2) is 0 Å². The molecule has 0 unspecified atom stereocenters. The first-order valence-corrected chi connectivity index (χ1v) is 9.21. The van der Waals surface area contributed by atoms with Crippen LogP contribution in [0.15, 0.2) is 61.1 Å². The van der Waals surface area contributed by atoms with E-state index in [0.717, 1.165) is 43.9 Å². The summed E-state index contributed by atoms with van der Waals surface area (Å²) in [6.07, 6.45) is 8.46. The first kappa shape index (κ1) is 16.9. The fourth-order valence-corrected chi connectivity index (χ4v) is 3.36. The van der Waals surface area contributed by atoms with Crippen molar-refractivity contribution in [2.45, 2.75) is 32.0 Å². The molecule has 3 aromatic rings. The molecule has 5 heteroatoms. The normalized spacial score (nSPS) is 16.8. The summed E-state index contributed by atoms with van der Waals surface area (Å²) >= 11 is 0. The summed E-state index contributed by atoms with van der Waals surface area (Å²) in [5.74, 6) is 0. The van der Waals surface area contributed by atoms with Gasteiger partial charge in [0.2, 0.25) is 0 Å². The smallest absolute Gasteiger partial charge is 0.0983 e. The number of pyridine rings is 1. The minimum atomic E-state index is 0.344. The van der Waals surface area contributed by atoms with E-state index in [9.17, 15) is 0 Å². The molecule has 0 aliphatic carbocycles. The Hall–Kier alpha value is -2.50. The van der Waals surface area contributed by atoms with Gasteiger partial charge in [-0.2, -0.15) is 5.10 Å². The van der Waals surface area contributed by atoms with E-state index in [1.807, 2.05) is 23.0 Å². The zero-order valence-corrected chi connectivity index (χ0v) is 14.8. The minimum absolute atomic E-state index is 0.344. The highest BCUT2D eigenvalue weighted by atomic mass is 16.5. The van der Waals surface area contributed by atoms with Crippen molar-refractivity contribution in [1.29, 1.82) is 0 Å². The number of benzene rings is 1. The van der Waals surface area contributed by atoms with Crippen molar-refractivity contribution >= 4 is 0 Å². The third-order valence-corrected chi connectivity index (χ3v) is 4.67. The topological polar surface area (TPSA) is 52.0 Å². The van der Waals surface area contributed by atoms with E-state index in [4.69, 9.17) is 9.84 Å². The maximum atomic E-state index is 5.70. The molecule has 2 aromatic heterocycles. The van der Waals surface area contributed by atoms with Gasteiger partial charge in [0.1, 0.15) is 0 Å². The molecule has 4 rings (SSSR count). The molecule has 0 saturated carbocycles. The summed E-state index contributed by atoms with van der Waals surface area (Å²) in [6.45, 7) is 3.32. The second kappa shape index (κ2) is 8.25. The first-order chi connectivity index (χ1) is 12.9. The Morgan fingerprint density at radius 3 is 2.85 bits per heavy atom. The van der Waals surface area contributed by atoms with Crippen LogP contribution in [0.2, 0.25) is 0 Å². The quantitative estimate of drug-likeness (QED) is 0.712. The highest BCUT2D eigenvalue weighted by Gasteiger charge is 2.16. The van der Waals surface area contributed by atoms with Crippen LogP contribution < -0.4 is 5.32 Å². The second-order valence-electron chi connectivity index (χ2n) is 6.69. The predicted molar refractivity (Wildman–Crippen MR) is 102 cm³/mol. The van der Waals surface area contributed by atoms with Gasteiger partial charge < -0.3 is 10.1 Å². The maximum absolute atomic E-state index is 5.70. The molecule has 1 fully saturated rings. The maximum Gasteiger partial charge on any atom is 0.0983 e. The lowest BCUT2D eigenvalue weighted by atomic mass is 10.1. The van der Waals surface area contributed by atoms with Crippen molar-refractivity contribution in [2.24, 2.45) is 0 Å². The molecule has 3 heterocycles. The molecule has 5 nitrogen and oxygen atoms in total. The standard InChI is InChI=1S/C21H24N4O/c1-2-6-17(7-3-1)15-25-16-19(13-23-14-20-9-5-11-26-20)21(24-25)18-8-4-10-22-12-18/h1-4,6-8,10,12,16,20,23H,5,9,11,13-15H2/t20-/m0/s1. The fraction of sp³-hybridized carbons (Fsp3) is 0.333. The van der Waals surface area contributed by atoms with Gasteiger partial charge in [0.05, 0.1) is 18.3 Å². The van der Waals surface area contributed by atoms with Gasteiger partial charge in [-0.3, -0.25) is 9.67 Å². The average molecular weight is 348 g/mol. The Morgan fingerprint density at radius 2 is 2.08 bits per heavy atom. The lowest BCUT2D eigenvalue weighted by Gasteiger charge is -2.10. The Labute approximate surface area is 154 Å². The summed E-state index contributed by atoms with van der Waals surface area (Å²) < 4.78 is 7.71. The fourth-order valence-electron chi connectivity index (χ4n) is 3.36. The van der Waals surface area contributed by atoms with Crippen molar-refractivity contribution in [1.82, 2.24) is 20.1 Å². The van der Waals surface area contributed by atoms with Crippen molar-refractivity contribution in [3.8, 4) is 11.3 Å². The van der Waals surface area contributed by atoms with E-state index in [2.05, 4.69) is 46.8 Å². The molecule has 1 saturated heterocycles. The molecule has 1 aromatic carbocycles. The zero-order chi connectivity index (χ0) is 17.6. The minimum Gasteiger partial charge on any atom is -0.377 e. The van der Waals surface area contributed by atoms with Crippen LogP contribution in [0.25, 0.3) is 11.3 Å². The Balaban J connectivity index is 1.52. The number of nitrogens with zero attached hydrogens (tertiary/aromatic N) is 3. The molecular formula is C21H24N4O. The lowest BCUT2D eigenvalue weighted by Crippen LogP contribution is -2.25. The van der Waals surface area contributed by atoms with Crippen LogP contribution in [0.1, 0.15) is 24.0 Å². The monoisotopic (exact) mass is 348 g/mol. The Bertz CT molecular complexity index is 811. The van der Waals surface area contributed by atoms with E-state index in [-0.39, 0.29) is 0 Å². The number of nitrogens with one attached hydrogen (secondary N) is 1. The summed E-state index contributed by atoms with van der Waals surface area (Å²) in [5.41, 5.74) is 4.47. The van der Waals surface area contributed by atoms with Gasteiger partial charge in [0.25, 0.3) is 0 Å². The lowest BCUT2D eigenvalue weighted by molar-refractivity contribution is 0.110. The largest absolute Gasteiger partial charge is 0.377 e. The molecule has 1 N–H and O–H groups in total. The molecule has 0 radical (unpaired) electrons. The van der Waals surface area contributed by atoms with Crippen LogP contribution in [0.4, 0.5) is 0 Å². The highest BCUT2D eigenvalue weighted by molar-refractivity contribution is 5.61. The third-order valence-electron chi connectivity index (χ3n) is 4.67. The molecule has 134 valence electrons. The summed E-state index contributed by atoms with van der Waals surface area (Å²) in [6, 6.07) is 14.4. The molecule has 1 aliphatic rings. The number of ether oxygens (including phenoxy) is 1. The summed E-state index contributed by atoms with van der Waals surface area (Å²) in [5, 5.41) is 8.36. The van der Waals surface area contributed by atoms with E-state index < -0.39 is 0 Å². The van der Waals surface area contributed by atoms with Crippen molar-refractivity contribution in [2.75, 3.05) is 13.2 Å². The average Bonchev–Trinajstić information content (AvgIpc) is 3.34. The van der Waals surface area contributed by atoms with Crippen molar-refractivity contribution < 1.29 is 4.74 Å². The van der Waals surface area contributed by atoms with E-state index in [1.165, 1.54) is 17.5 Å². The van der Waals surface area contributed by atoms with E-state index >= 15 is 0 Å². The molecular weight excluding hydrogens is 324 g/mol. The van der Waals surface area contributed by atoms with Gasteiger partial charge in [-0.1, -0.05) is 30.3 Å². The molecule has 0 amide bonds. The first-order valence-electron chi connectivity index (χ1n) is 9.21. The number of rotatable bonds is 7. The van der Waals surface area contributed by atoms with E-state index in [0.29, 0.717) is 6.10 Å². The van der Waals surface area contributed by atoms with Crippen LogP contribution in [-0.4, -0.2) is 34.0 Å². The third kappa shape index (κ3) is 4.18. The summed E-state index contributed by atoms with van der Waals surface area (Å²) in [4.78, 5) is 4.25. The van der Waals surface area contributed by atoms with Crippen LogP contribution >= 0.6 is 0 Å². The Morgan fingerprint density at radius 1 is 1.15 bits per heavy atom. The van der Waals surface area contributed by atoms with Crippen molar-refractivity contribution in [3.05, 3.63) is 72.2 Å². The van der Waals surface area contributed by atoms with E-state index in [1.54, 1.807) is 6.20 Å². The van der Waals surface area contributed by atoms with Crippen LogP contribution in [-0.2, 0) is 17.8 Å². The number of hydrogen-bond acceptors (Lipinski definition) is 4. The van der Waals surface area contributed by atoms with Gasteiger partial charge in [-0.25, -0.2) is 0 Å². The molecule has 1 aliphatic heterocycles. The highest BCUT2D eigenvalue weighted by Crippen LogP contribution is 2.22. The Kier molecular flexibility index (Phi) is 5.38. The predicted octanol–water partition coefficient (Wildman–Crippen LogP) is 3.26. The number of aromatic nitrogens is 3. The molecule has 1 atom stereocenters. The molecule has 0 bridgehead atoms. The summed E-state index contributed by atoms with van der Waals surface area (Å²) in [7, 11) is 0. The molecule has 0 spiro atoms. The van der Waals surface area contributed by atoms with Gasteiger partial charge >= 0.3 is 0 Å². The van der Waals surface area contributed by atoms with Crippen LogP contribution in [0.3, 0.4) is 0 Å². The van der Waals surface area contributed by atoms with Crippen LogP contribution in [0.5, 0.6) is 0 Å².